The van der Waals surface area contributed by atoms with Gasteiger partial charge in [-0.3, -0.25) is 14.5 Å². The summed E-state index contributed by atoms with van der Waals surface area (Å²) in [4.78, 5) is 28.5. The summed E-state index contributed by atoms with van der Waals surface area (Å²) in [6.45, 7) is 9.69. The Labute approximate surface area is 181 Å². The molecule has 1 N–H and O–H groups in total. The molecule has 30 heavy (non-hydrogen) atoms. The summed E-state index contributed by atoms with van der Waals surface area (Å²) in [5.41, 5.74) is 3.17. The zero-order valence-electron chi connectivity index (χ0n) is 17.8. The number of aryl methyl sites for hydroxylation is 2. The van der Waals surface area contributed by atoms with Crippen LogP contribution >= 0.6 is 11.5 Å². The second kappa shape index (κ2) is 8.75. The number of nitrogens with one attached hydrogen (secondary N) is 1. The van der Waals surface area contributed by atoms with Crippen LogP contribution in [0.1, 0.15) is 54.0 Å². The molecule has 0 unspecified atom stereocenters. The van der Waals surface area contributed by atoms with Crippen molar-refractivity contribution < 1.29 is 9.59 Å². The third-order valence-corrected chi connectivity index (χ3v) is 4.98. The molecule has 1 heterocycles. The topological polar surface area (TPSA) is 75.2 Å². The number of nitrogens with zero attached hydrogens (tertiary/aromatic N) is 3. The van der Waals surface area contributed by atoms with Crippen molar-refractivity contribution in [2.75, 3.05) is 4.90 Å². The largest absolute Gasteiger partial charge is 0.349 e. The molecule has 0 radical (unpaired) electrons. The summed E-state index contributed by atoms with van der Waals surface area (Å²) >= 11 is 1.10. The van der Waals surface area contributed by atoms with E-state index in [-0.39, 0.29) is 17.5 Å². The lowest BCUT2D eigenvalue weighted by Crippen LogP contribution is -2.49. The molecule has 2 aromatic carbocycles. The molecule has 0 spiro atoms. The van der Waals surface area contributed by atoms with Crippen molar-refractivity contribution in [3.05, 3.63) is 76.3 Å². The van der Waals surface area contributed by atoms with Gasteiger partial charge in [-0.2, -0.15) is 0 Å². The Bertz CT molecular complexity index is 1020. The van der Waals surface area contributed by atoms with Crippen molar-refractivity contribution in [1.29, 1.82) is 0 Å². The Morgan fingerprint density at radius 3 is 2.30 bits per heavy atom. The van der Waals surface area contributed by atoms with Gasteiger partial charge >= 0.3 is 0 Å². The van der Waals surface area contributed by atoms with Crippen LogP contribution in [0.4, 0.5) is 5.69 Å². The number of benzene rings is 2. The molecule has 0 aliphatic heterocycles. The van der Waals surface area contributed by atoms with E-state index in [4.69, 9.17) is 0 Å². The molecule has 0 bridgehead atoms. The van der Waals surface area contributed by atoms with Crippen molar-refractivity contribution in [2.45, 2.75) is 46.2 Å². The predicted octanol–water partition coefficient (Wildman–Crippen LogP) is 4.46. The smallest absolute Gasteiger partial charge is 0.280 e. The van der Waals surface area contributed by atoms with Gasteiger partial charge in [0.15, 0.2) is 5.69 Å². The van der Waals surface area contributed by atoms with E-state index in [2.05, 4.69) is 14.9 Å². The van der Waals surface area contributed by atoms with E-state index in [1.54, 1.807) is 5.38 Å². The maximum atomic E-state index is 13.5. The van der Waals surface area contributed by atoms with Gasteiger partial charge in [0.1, 0.15) is 6.04 Å². The number of rotatable bonds is 5. The second-order valence-electron chi connectivity index (χ2n) is 8.36. The lowest BCUT2D eigenvalue weighted by Gasteiger charge is -2.33. The van der Waals surface area contributed by atoms with Gasteiger partial charge in [-0.25, -0.2) is 0 Å². The molecule has 156 valence electrons. The van der Waals surface area contributed by atoms with Crippen LogP contribution in [0.15, 0.2) is 53.9 Å². The van der Waals surface area contributed by atoms with Gasteiger partial charge in [0, 0.05) is 16.6 Å². The standard InChI is InChI=1S/C23H26N4O2S/c1-15-9-11-17(12-10-15)20(21(28)24-23(3,4)5)27(18-8-6-7-16(2)13-18)22(29)19-14-30-26-25-19/h6-14,20H,1-5H3,(H,24,28)/t20-/m1/s1. The number of aromatic nitrogens is 2. The zero-order chi connectivity index (χ0) is 21.9. The fourth-order valence-corrected chi connectivity index (χ4v) is 3.58. The predicted molar refractivity (Wildman–Crippen MR) is 120 cm³/mol. The van der Waals surface area contributed by atoms with Gasteiger partial charge in [-0.15, -0.1) is 5.10 Å². The van der Waals surface area contributed by atoms with E-state index in [9.17, 15) is 9.59 Å². The highest BCUT2D eigenvalue weighted by molar-refractivity contribution is 7.03. The molecule has 7 heteroatoms. The molecule has 0 saturated carbocycles. The van der Waals surface area contributed by atoms with Crippen LogP contribution in [0.3, 0.4) is 0 Å². The van der Waals surface area contributed by atoms with E-state index in [1.165, 1.54) is 4.90 Å². The Morgan fingerprint density at radius 2 is 1.73 bits per heavy atom. The lowest BCUT2D eigenvalue weighted by molar-refractivity contribution is -0.123. The van der Waals surface area contributed by atoms with Gasteiger partial charge in [0.2, 0.25) is 5.91 Å². The molecular formula is C23H26N4O2S. The molecule has 3 aromatic rings. The lowest BCUT2D eigenvalue weighted by atomic mass is 9.99. The Hall–Kier alpha value is -3.06. The van der Waals surface area contributed by atoms with Crippen molar-refractivity contribution in [3.63, 3.8) is 0 Å². The quantitative estimate of drug-likeness (QED) is 0.659. The van der Waals surface area contributed by atoms with E-state index in [1.807, 2.05) is 83.1 Å². The van der Waals surface area contributed by atoms with Crippen molar-refractivity contribution >= 4 is 29.0 Å². The van der Waals surface area contributed by atoms with Crippen LogP contribution in [-0.2, 0) is 4.79 Å². The molecule has 0 saturated heterocycles. The van der Waals surface area contributed by atoms with Crippen LogP contribution in [0.2, 0.25) is 0 Å². The van der Waals surface area contributed by atoms with Crippen LogP contribution in [0, 0.1) is 13.8 Å². The number of hydrogen-bond acceptors (Lipinski definition) is 5. The summed E-state index contributed by atoms with van der Waals surface area (Å²) in [6, 6.07) is 14.3. The number of carbonyl (C=O) groups excluding carboxylic acids is 2. The molecule has 0 aliphatic rings. The normalized spacial score (nSPS) is 12.3. The summed E-state index contributed by atoms with van der Waals surface area (Å²) in [5.74, 6) is -0.631. The first kappa shape index (κ1) is 21.6. The molecule has 0 aliphatic carbocycles. The van der Waals surface area contributed by atoms with Crippen molar-refractivity contribution in [1.82, 2.24) is 14.9 Å². The van der Waals surface area contributed by atoms with E-state index < -0.39 is 11.6 Å². The minimum Gasteiger partial charge on any atom is -0.349 e. The first-order chi connectivity index (χ1) is 14.2. The second-order valence-corrected chi connectivity index (χ2v) is 8.97. The van der Waals surface area contributed by atoms with E-state index in [0.29, 0.717) is 5.69 Å². The Kier molecular flexibility index (Phi) is 6.31. The van der Waals surface area contributed by atoms with Gasteiger partial charge < -0.3 is 5.32 Å². The van der Waals surface area contributed by atoms with Crippen LogP contribution in [-0.4, -0.2) is 26.9 Å². The number of anilines is 1. The minimum atomic E-state index is -0.860. The molecule has 1 atom stereocenters. The monoisotopic (exact) mass is 422 g/mol. The average Bonchev–Trinajstić information content (AvgIpc) is 3.20. The molecular weight excluding hydrogens is 396 g/mol. The first-order valence-corrected chi connectivity index (χ1v) is 10.6. The number of amides is 2. The summed E-state index contributed by atoms with van der Waals surface area (Å²) in [6.07, 6.45) is 0. The van der Waals surface area contributed by atoms with Gasteiger partial charge in [-0.1, -0.05) is 46.4 Å². The minimum absolute atomic E-state index is 0.210. The maximum absolute atomic E-state index is 13.5. The zero-order valence-corrected chi connectivity index (χ0v) is 18.7. The highest BCUT2D eigenvalue weighted by atomic mass is 32.1. The van der Waals surface area contributed by atoms with Gasteiger partial charge in [0.25, 0.3) is 5.91 Å². The molecule has 1 aromatic heterocycles. The molecule has 3 rings (SSSR count). The summed E-state index contributed by atoms with van der Waals surface area (Å²) in [5, 5.41) is 8.58. The molecule has 2 amide bonds. The fourth-order valence-electron chi connectivity index (χ4n) is 3.15. The van der Waals surface area contributed by atoms with Gasteiger partial charge in [0.05, 0.1) is 0 Å². The number of hydrogen-bond donors (Lipinski definition) is 1. The highest BCUT2D eigenvalue weighted by Crippen LogP contribution is 2.31. The third kappa shape index (κ3) is 5.10. The summed E-state index contributed by atoms with van der Waals surface area (Å²) in [7, 11) is 0. The van der Waals surface area contributed by atoms with E-state index >= 15 is 0 Å². The van der Waals surface area contributed by atoms with E-state index in [0.717, 1.165) is 28.2 Å². The van der Waals surface area contributed by atoms with Crippen molar-refractivity contribution in [2.24, 2.45) is 0 Å². The SMILES string of the molecule is Cc1ccc([C@H](C(=O)NC(C)(C)C)N(C(=O)c2csnn2)c2cccc(C)c2)cc1. The average molecular weight is 423 g/mol. The number of carbonyl (C=O) groups is 2. The fraction of sp³-hybridized carbons (Fsp3) is 0.304. The summed E-state index contributed by atoms with van der Waals surface area (Å²) < 4.78 is 3.83. The Balaban J connectivity index is 2.18. The van der Waals surface area contributed by atoms with Crippen LogP contribution < -0.4 is 10.2 Å². The Morgan fingerprint density at radius 1 is 1.03 bits per heavy atom. The first-order valence-electron chi connectivity index (χ1n) is 9.71. The van der Waals surface area contributed by atoms with Gasteiger partial charge in [-0.05, 0) is 69.4 Å². The third-order valence-electron chi connectivity index (χ3n) is 4.48. The van der Waals surface area contributed by atoms with Crippen LogP contribution in [0.5, 0.6) is 0 Å². The van der Waals surface area contributed by atoms with Crippen LogP contribution in [0.25, 0.3) is 0 Å². The maximum Gasteiger partial charge on any atom is 0.280 e. The van der Waals surface area contributed by atoms with Crippen molar-refractivity contribution in [3.8, 4) is 0 Å². The molecule has 6 nitrogen and oxygen atoms in total. The highest BCUT2D eigenvalue weighted by Gasteiger charge is 2.35. The molecule has 0 fully saturated rings.